The Balaban J connectivity index is 0. The number of hydrogen-bond donors (Lipinski definition) is 0. The third kappa shape index (κ3) is 10.1. The van der Waals surface area contributed by atoms with Crippen LogP contribution < -0.4 is 51.4 Å². The fourth-order valence-corrected chi connectivity index (χ4v) is 1.08. The molecule has 0 saturated heterocycles. The maximum Gasteiger partial charge on any atom is 1.00 e. The normalized spacial score (nSPS) is 13.5. The van der Waals surface area contributed by atoms with Gasteiger partial charge >= 0.3 is 58.4 Å². The average molecular weight is 248 g/mol. The molecule has 15 heavy (non-hydrogen) atoms. The van der Waals surface area contributed by atoms with Crippen molar-refractivity contribution < 1.29 is 69.1 Å². The molecule has 0 fully saturated rings. The van der Waals surface area contributed by atoms with Crippen LogP contribution in [-0.2, 0) is 4.74 Å². The van der Waals surface area contributed by atoms with Gasteiger partial charge in [0.15, 0.2) is 0 Å². The maximum absolute atomic E-state index is 12.0. The Hall–Kier alpha value is 1.19. The van der Waals surface area contributed by atoms with Crippen LogP contribution in [0.5, 0.6) is 0 Å². The Morgan fingerprint density at radius 1 is 1.27 bits per heavy atom. The van der Waals surface area contributed by atoms with Gasteiger partial charge in [0, 0.05) is 6.61 Å². The summed E-state index contributed by atoms with van der Waals surface area (Å²) < 4.78 is 41.2. The molecular formula is C9H17BF3KO. The molecule has 0 aliphatic rings. The largest absolute Gasteiger partial charge is 1.00 e. The van der Waals surface area contributed by atoms with Crippen molar-refractivity contribution >= 4 is 6.98 Å². The summed E-state index contributed by atoms with van der Waals surface area (Å²) in [5, 5.41) is 0. The van der Waals surface area contributed by atoms with E-state index in [1.807, 2.05) is 13.8 Å². The predicted octanol–water partition coefficient (Wildman–Crippen LogP) is 0.384. The minimum Gasteiger partial charge on any atom is -0.445 e. The van der Waals surface area contributed by atoms with Crippen LogP contribution in [0.25, 0.3) is 0 Å². The Morgan fingerprint density at radius 2 is 1.73 bits per heavy atom. The fraction of sp³-hybridized carbons (Fsp3) is 0.778. The quantitative estimate of drug-likeness (QED) is 0.618. The van der Waals surface area contributed by atoms with E-state index in [0.29, 0.717) is 5.92 Å². The Bertz CT molecular complexity index is 194. The summed E-state index contributed by atoms with van der Waals surface area (Å²) >= 11 is 0. The van der Waals surface area contributed by atoms with Crippen LogP contribution in [0.3, 0.4) is 0 Å². The van der Waals surface area contributed by atoms with Crippen molar-refractivity contribution in [2.45, 2.75) is 33.3 Å². The Labute approximate surface area is 132 Å². The van der Waals surface area contributed by atoms with E-state index < -0.39 is 19.1 Å². The van der Waals surface area contributed by atoms with E-state index in [9.17, 15) is 12.9 Å². The topological polar surface area (TPSA) is 9.23 Å². The first-order chi connectivity index (χ1) is 6.23. The Morgan fingerprint density at radius 3 is 2.07 bits per heavy atom. The first kappa shape index (κ1) is 18.6. The van der Waals surface area contributed by atoms with Gasteiger partial charge in [0.1, 0.15) is 0 Å². The molecule has 0 bridgehead atoms. The molecular weight excluding hydrogens is 231 g/mol. The predicted molar refractivity (Wildman–Crippen MR) is 53.1 cm³/mol. The summed E-state index contributed by atoms with van der Waals surface area (Å²) in [7, 11) is 0. The van der Waals surface area contributed by atoms with Crippen LogP contribution in [0.2, 0.25) is 0 Å². The molecule has 0 rings (SSSR count). The fourth-order valence-electron chi connectivity index (χ4n) is 1.08. The zero-order chi connectivity index (χ0) is 11.4. The molecule has 0 aliphatic carbocycles. The zero-order valence-corrected chi connectivity index (χ0v) is 13.0. The van der Waals surface area contributed by atoms with E-state index in [0.717, 1.165) is 6.42 Å². The van der Waals surface area contributed by atoms with Crippen molar-refractivity contribution in [1.82, 2.24) is 0 Å². The number of halogens is 3. The van der Waals surface area contributed by atoms with Crippen molar-refractivity contribution in [2.75, 3.05) is 6.61 Å². The molecule has 0 aliphatic heterocycles. The molecule has 0 amide bonds. The molecule has 0 radical (unpaired) electrons. The molecule has 6 heteroatoms. The maximum atomic E-state index is 12.0. The molecule has 0 heterocycles. The first-order valence-corrected chi connectivity index (χ1v) is 4.72. The summed E-state index contributed by atoms with van der Waals surface area (Å²) in [5.74, 6) is 0.426. The second-order valence-corrected chi connectivity index (χ2v) is 3.98. The number of hydrogen-bond acceptors (Lipinski definition) is 1. The molecule has 1 nitrogen and oxygen atoms in total. The second kappa shape index (κ2) is 8.31. The van der Waals surface area contributed by atoms with Crippen molar-refractivity contribution in [3.8, 4) is 0 Å². The first-order valence-electron chi connectivity index (χ1n) is 4.72. The van der Waals surface area contributed by atoms with E-state index in [1.54, 1.807) is 6.92 Å². The minimum absolute atomic E-state index is 0. The summed E-state index contributed by atoms with van der Waals surface area (Å²) in [6.45, 7) is 3.38. The Kier molecular flexibility index (Phi) is 10.3. The molecule has 1 unspecified atom stereocenters. The molecule has 0 spiro atoms. The van der Waals surface area contributed by atoms with E-state index in [-0.39, 0.29) is 57.5 Å². The van der Waals surface area contributed by atoms with Crippen molar-refractivity contribution in [3.63, 3.8) is 0 Å². The molecule has 0 aromatic heterocycles. The zero-order valence-electron chi connectivity index (χ0n) is 9.90. The van der Waals surface area contributed by atoms with E-state index in [2.05, 4.69) is 6.58 Å². The third-order valence-corrected chi connectivity index (χ3v) is 1.82. The van der Waals surface area contributed by atoms with Gasteiger partial charge < -0.3 is 17.7 Å². The molecule has 0 N–H and O–H groups in total. The van der Waals surface area contributed by atoms with Gasteiger partial charge in [-0.2, -0.15) is 0 Å². The smallest absolute Gasteiger partial charge is 0.445 e. The van der Waals surface area contributed by atoms with Gasteiger partial charge in [0.25, 0.3) is 0 Å². The van der Waals surface area contributed by atoms with Crippen LogP contribution >= 0.6 is 0 Å². The molecule has 0 aromatic carbocycles. The van der Waals surface area contributed by atoms with Gasteiger partial charge in [0.05, 0.1) is 6.10 Å². The molecule has 84 valence electrons. The van der Waals surface area contributed by atoms with Gasteiger partial charge in [-0.1, -0.05) is 13.8 Å². The third-order valence-electron chi connectivity index (χ3n) is 1.82. The van der Waals surface area contributed by atoms with Crippen LogP contribution in [0.4, 0.5) is 12.9 Å². The standard InChI is InChI=1S/C9H17BF3O.K/c1-7(2)5-9(4)14-6-8(3)10(11,12)13;/h7,9H,3,5-6H2,1-2,4H3;/q-1;+1. The minimum atomic E-state index is -4.94. The van der Waals surface area contributed by atoms with E-state index in [1.165, 1.54) is 0 Å². The molecule has 0 aromatic rings. The van der Waals surface area contributed by atoms with Gasteiger partial charge in [-0.15, -0.1) is 12.1 Å². The molecule has 1 atom stereocenters. The monoisotopic (exact) mass is 248 g/mol. The van der Waals surface area contributed by atoms with Crippen LogP contribution in [0, 0.1) is 5.92 Å². The van der Waals surface area contributed by atoms with Crippen molar-refractivity contribution in [2.24, 2.45) is 5.92 Å². The van der Waals surface area contributed by atoms with Gasteiger partial charge in [-0.05, 0) is 19.3 Å². The van der Waals surface area contributed by atoms with Gasteiger partial charge in [-0.25, -0.2) is 0 Å². The van der Waals surface area contributed by atoms with Crippen LogP contribution in [0.15, 0.2) is 12.1 Å². The molecule has 0 saturated carbocycles. The number of rotatable bonds is 6. The van der Waals surface area contributed by atoms with Crippen LogP contribution in [-0.4, -0.2) is 19.7 Å². The van der Waals surface area contributed by atoms with E-state index in [4.69, 9.17) is 4.74 Å². The number of ether oxygens (including phenoxy) is 1. The average Bonchev–Trinajstić information content (AvgIpc) is 1.96. The van der Waals surface area contributed by atoms with Crippen molar-refractivity contribution in [1.29, 1.82) is 0 Å². The summed E-state index contributed by atoms with van der Waals surface area (Å²) in [6.07, 6.45) is 0.614. The van der Waals surface area contributed by atoms with E-state index >= 15 is 0 Å². The van der Waals surface area contributed by atoms with Gasteiger partial charge in [0.2, 0.25) is 0 Å². The van der Waals surface area contributed by atoms with Crippen molar-refractivity contribution in [3.05, 3.63) is 12.1 Å². The summed E-state index contributed by atoms with van der Waals surface area (Å²) in [4.78, 5) is 0. The van der Waals surface area contributed by atoms with Crippen LogP contribution in [0.1, 0.15) is 27.2 Å². The summed E-state index contributed by atoms with van der Waals surface area (Å²) in [6, 6.07) is 0. The summed E-state index contributed by atoms with van der Waals surface area (Å²) in [5.41, 5.74) is -0.763. The van der Waals surface area contributed by atoms with Gasteiger partial charge in [-0.3, -0.25) is 0 Å². The second-order valence-electron chi connectivity index (χ2n) is 3.98. The SMILES string of the molecule is C=C(COC(C)CC(C)C)[B-](F)(F)F.[K+].